The highest BCUT2D eigenvalue weighted by atomic mass is 32.1. The van der Waals surface area contributed by atoms with Crippen molar-refractivity contribution in [1.29, 1.82) is 0 Å². The van der Waals surface area contributed by atoms with Crippen LogP contribution in [0.25, 0.3) is 74.4 Å². The van der Waals surface area contributed by atoms with Gasteiger partial charge in [-0.25, -0.2) is 0 Å². The SMILES string of the molecule is c1ccc(-c2cccc(N(c3ccc4c(ccc5ccc6ccccc6c54)c3)c3ccc4ccc5c6ccccc6sc5c4c3)c2)cc1. The summed E-state index contributed by atoms with van der Waals surface area (Å²) in [5.41, 5.74) is 5.81. The predicted molar refractivity (Wildman–Crippen MR) is 209 cm³/mol. The first-order chi connectivity index (χ1) is 23.8. The van der Waals surface area contributed by atoms with Crippen molar-refractivity contribution >= 4 is 91.7 Å². The van der Waals surface area contributed by atoms with Crippen molar-refractivity contribution in [2.24, 2.45) is 0 Å². The molecule has 10 rings (SSSR count). The second-order valence-corrected chi connectivity index (χ2v) is 13.6. The molecule has 1 aromatic heterocycles. The molecule has 0 saturated heterocycles. The van der Waals surface area contributed by atoms with Crippen molar-refractivity contribution in [3.8, 4) is 11.1 Å². The zero-order valence-electron chi connectivity index (χ0n) is 26.1. The van der Waals surface area contributed by atoms with E-state index in [1.54, 1.807) is 0 Å². The number of nitrogens with zero attached hydrogens (tertiary/aromatic N) is 1. The molecule has 0 atom stereocenters. The van der Waals surface area contributed by atoms with Gasteiger partial charge in [-0.1, -0.05) is 133 Å². The minimum Gasteiger partial charge on any atom is -0.310 e. The fourth-order valence-electron chi connectivity index (χ4n) is 7.49. The Bertz CT molecular complexity index is 2850. The van der Waals surface area contributed by atoms with Gasteiger partial charge in [-0.15, -0.1) is 11.3 Å². The standard InChI is InChI=1S/C46H29NS/c1-2-9-30(10-3-1)34-12-8-13-36(27-34)47(38-23-21-32-22-25-42-41-15-6-7-16-44(41)48-46(42)43(32)29-38)37-24-26-40-35(28-37)20-19-33-18-17-31-11-4-5-14-39(31)45(33)40/h1-29H. The molecule has 1 heterocycles. The van der Waals surface area contributed by atoms with E-state index in [0.29, 0.717) is 0 Å². The summed E-state index contributed by atoms with van der Waals surface area (Å²) in [6.07, 6.45) is 0. The van der Waals surface area contributed by atoms with Gasteiger partial charge in [-0.3, -0.25) is 0 Å². The molecule has 2 heteroatoms. The molecule has 9 aromatic carbocycles. The van der Waals surface area contributed by atoms with Crippen LogP contribution in [0.15, 0.2) is 176 Å². The van der Waals surface area contributed by atoms with E-state index in [1.807, 2.05) is 11.3 Å². The van der Waals surface area contributed by atoms with Crippen LogP contribution < -0.4 is 4.90 Å². The predicted octanol–water partition coefficient (Wildman–Crippen LogP) is 13.8. The van der Waals surface area contributed by atoms with Crippen molar-refractivity contribution < 1.29 is 0 Å². The smallest absolute Gasteiger partial charge is 0.0468 e. The van der Waals surface area contributed by atoms with Gasteiger partial charge in [-0.2, -0.15) is 0 Å². The van der Waals surface area contributed by atoms with Gasteiger partial charge in [0, 0.05) is 42.6 Å². The molecule has 0 N–H and O–H groups in total. The quantitative estimate of drug-likeness (QED) is 0.176. The molecule has 0 spiro atoms. The Balaban J connectivity index is 1.22. The van der Waals surface area contributed by atoms with Gasteiger partial charge < -0.3 is 4.90 Å². The third-order valence-corrected chi connectivity index (χ3v) is 11.0. The van der Waals surface area contributed by atoms with Crippen molar-refractivity contribution in [1.82, 2.24) is 0 Å². The van der Waals surface area contributed by atoms with Gasteiger partial charge in [0.05, 0.1) is 0 Å². The first kappa shape index (κ1) is 27.2. The average molecular weight is 628 g/mol. The number of anilines is 3. The Labute approximate surface area is 282 Å². The van der Waals surface area contributed by atoms with Crippen LogP contribution in [0.5, 0.6) is 0 Å². The van der Waals surface area contributed by atoms with E-state index in [0.717, 1.165) is 17.1 Å². The van der Waals surface area contributed by atoms with Crippen molar-refractivity contribution in [2.45, 2.75) is 0 Å². The third kappa shape index (κ3) is 4.31. The van der Waals surface area contributed by atoms with Crippen LogP contribution in [-0.4, -0.2) is 0 Å². The zero-order valence-corrected chi connectivity index (χ0v) is 26.9. The molecule has 0 fully saturated rings. The Kier molecular flexibility index (Phi) is 6.12. The summed E-state index contributed by atoms with van der Waals surface area (Å²) in [6, 6.07) is 64.5. The van der Waals surface area contributed by atoms with Crippen molar-refractivity contribution in [3.05, 3.63) is 176 Å². The molecule has 0 saturated carbocycles. The highest BCUT2D eigenvalue weighted by Gasteiger charge is 2.17. The molecule has 48 heavy (non-hydrogen) atoms. The number of fused-ring (bicyclic) bond motifs is 10. The Morgan fingerprint density at radius 3 is 1.85 bits per heavy atom. The molecular formula is C46H29NS. The summed E-state index contributed by atoms with van der Waals surface area (Å²) >= 11 is 1.89. The summed E-state index contributed by atoms with van der Waals surface area (Å²) in [6.45, 7) is 0. The van der Waals surface area contributed by atoms with Crippen LogP contribution in [0.2, 0.25) is 0 Å². The molecule has 0 aliphatic heterocycles. The second-order valence-electron chi connectivity index (χ2n) is 12.6. The normalized spacial score (nSPS) is 11.8. The zero-order chi connectivity index (χ0) is 31.6. The molecular weight excluding hydrogens is 599 g/mol. The van der Waals surface area contributed by atoms with E-state index in [1.165, 1.54) is 74.4 Å². The minimum absolute atomic E-state index is 1.13. The van der Waals surface area contributed by atoms with Crippen molar-refractivity contribution in [2.75, 3.05) is 4.90 Å². The van der Waals surface area contributed by atoms with Gasteiger partial charge >= 0.3 is 0 Å². The number of thiophene rings is 1. The maximum atomic E-state index is 2.42. The van der Waals surface area contributed by atoms with Crippen LogP contribution in [-0.2, 0) is 0 Å². The Morgan fingerprint density at radius 2 is 0.938 bits per heavy atom. The molecule has 224 valence electrons. The Morgan fingerprint density at radius 1 is 0.333 bits per heavy atom. The van der Waals surface area contributed by atoms with E-state index in [-0.39, 0.29) is 0 Å². The maximum absolute atomic E-state index is 2.42. The summed E-state index contributed by atoms with van der Waals surface area (Å²) in [7, 11) is 0. The molecule has 10 aromatic rings. The topological polar surface area (TPSA) is 3.24 Å². The van der Waals surface area contributed by atoms with Crippen LogP contribution in [0, 0.1) is 0 Å². The molecule has 0 unspecified atom stereocenters. The van der Waals surface area contributed by atoms with E-state index in [2.05, 4.69) is 181 Å². The number of rotatable bonds is 4. The molecule has 0 aliphatic carbocycles. The lowest BCUT2D eigenvalue weighted by molar-refractivity contribution is 1.30. The first-order valence-corrected chi connectivity index (χ1v) is 17.2. The number of hydrogen-bond acceptors (Lipinski definition) is 2. The molecule has 0 amide bonds. The largest absolute Gasteiger partial charge is 0.310 e. The van der Waals surface area contributed by atoms with Crippen LogP contribution in [0.1, 0.15) is 0 Å². The fourth-order valence-corrected chi connectivity index (χ4v) is 8.72. The third-order valence-electron chi connectivity index (χ3n) is 9.78. The van der Waals surface area contributed by atoms with E-state index in [4.69, 9.17) is 0 Å². The highest BCUT2D eigenvalue weighted by Crippen LogP contribution is 2.43. The molecule has 0 aliphatic rings. The molecule has 1 nitrogen and oxygen atoms in total. The van der Waals surface area contributed by atoms with Crippen LogP contribution in [0.3, 0.4) is 0 Å². The summed E-state index contributed by atoms with van der Waals surface area (Å²) in [5, 5.41) is 12.8. The second kappa shape index (κ2) is 10.8. The summed E-state index contributed by atoms with van der Waals surface area (Å²) in [4.78, 5) is 2.42. The monoisotopic (exact) mass is 627 g/mol. The molecule has 0 radical (unpaired) electrons. The summed E-state index contributed by atoms with van der Waals surface area (Å²) < 4.78 is 2.66. The minimum atomic E-state index is 1.13. The first-order valence-electron chi connectivity index (χ1n) is 16.4. The van der Waals surface area contributed by atoms with Gasteiger partial charge in [0.2, 0.25) is 0 Å². The van der Waals surface area contributed by atoms with E-state index < -0.39 is 0 Å². The van der Waals surface area contributed by atoms with Gasteiger partial charge in [0.1, 0.15) is 0 Å². The van der Waals surface area contributed by atoms with E-state index in [9.17, 15) is 0 Å². The Hall–Kier alpha value is -5.96. The number of hydrogen-bond donors (Lipinski definition) is 0. The van der Waals surface area contributed by atoms with Gasteiger partial charge in [-0.05, 0) is 91.3 Å². The van der Waals surface area contributed by atoms with Crippen LogP contribution in [0.4, 0.5) is 17.1 Å². The fraction of sp³-hybridized carbons (Fsp3) is 0. The lowest BCUT2D eigenvalue weighted by atomic mass is 9.96. The molecule has 0 bridgehead atoms. The maximum Gasteiger partial charge on any atom is 0.0468 e. The van der Waals surface area contributed by atoms with Crippen molar-refractivity contribution in [3.63, 3.8) is 0 Å². The van der Waals surface area contributed by atoms with Gasteiger partial charge in [0.25, 0.3) is 0 Å². The van der Waals surface area contributed by atoms with E-state index >= 15 is 0 Å². The van der Waals surface area contributed by atoms with Gasteiger partial charge in [0.15, 0.2) is 0 Å². The average Bonchev–Trinajstić information content (AvgIpc) is 3.54. The lowest BCUT2D eigenvalue weighted by Crippen LogP contribution is -2.10. The lowest BCUT2D eigenvalue weighted by Gasteiger charge is -2.27. The summed E-state index contributed by atoms with van der Waals surface area (Å²) in [5.74, 6) is 0. The van der Waals surface area contributed by atoms with Crippen LogP contribution >= 0.6 is 11.3 Å². The number of benzene rings is 9. The highest BCUT2D eigenvalue weighted by molar-refractivity contribution is 7.26.